The van der Waals surface area contributed by atoms with Crippen molar-refractivity contribution in [3.05, 3.63) is 34.9 Å². The van der Waals surface area contributed by atoms with Crippen LogP contribution in [0.1, 0.15) is 18.5 Å². The molecule has 0 aliphatic heterocycles. The molecule has 1 aromatic rings. The van der Waals surface area contributed by atoms with Crippen molar-refractivity contribution in [1.29, 1.82) is 0 Å². The number of benzene rings is 1. The van der Waals surface area contributed by atoms with E-state index in [9.17, 15) is 4.79 Å². The number of quaternary nitrogens is 1. The van der Waals surface area contributed by atoms with Gasteiger partial charge in [-0.1, -0.05) is 23.7 Å². The number of amides is 1. The molecular formula is C10H14ClN2O+. The summed E-state index contributed by atoms with van der Waals surface area (Å²) in [7, 11) is 0. The summed E-state index contributed by atoms with van der Waals surface area (Å²) in [6, 6.07) is 7.79. The van der Waals surface area contributed by atoms with Crippen LogP contribution in [0.5, 0.6) is 0 Å². The van der Waals surface area contributed by atoms with Gasteiger partial charge in [0.25, 0.3) is 5.91 Å². The molecule has 0 bridgehead atoms. The smallest absolute Gasteiger partial charge is 0.272 e. The van der Waals surface area contributed by atoms with Gasteiger partial charge in [-0.25, -0.2) is 0 Å². The second kappa shape index (κ2) is 4.98. The molecule has 4 N–H and O–H groups in total. The summed E-state index contributed by atoms with van der Waals surface area (Å²) in [5.74, 6) is -0.307. The molecule has 0 fully saturated rings. The van der Waals surface area contributed by atoms with Crippen molar-refractivity contribution in [3.8, 4) is 0 Å². The van der Waals surface area contributed by atoms with Gasteiger partial charge in [-0.05, 0) is 19.1 Å². The number of primary amides is 1. The molecule has 3 nitrogen and oxygen atoms in total. The third kappa shape index (κ3) is 3.36. The van der Waals surface area contributed by atoms with Gasteiger partial charge in [0.05, 0.1) is 0 Å². The van der Waals surface area contributed by atoms with E-state index in [1.54, 1.807) is 0 Å². The van der Waals surface area contributed by atoms with Gasteiger partial charge in [0.2, 0.25) is 0 Å². The van der Waals surface area contributed by atoms with E-state index in [0.717, 1.165) is 5.56 Å². The van der Waals surface area contributed by atoms with Gasteiger partial charge >= 0.3 is 0 Å². The van der Waals surface area contributed by atoms with Crippen molar-refractivity contribution >= 4 is 17.5 Å². The van der Waals surface area contributed by atoms with Gasteiger partial charge in [-0.3, -0.25) is 4.79 Å². The molecule has 0 saturated carbocycles. The normalized spacial score (nSPS) is 12.4. The minimum atomic E-state index is -0.307. The summed E-state index contributed by atoms with van der Waals surface area (Å²) < 4.78 is 0. The van der Waals surface area contributed by atoms with Gasteiger partial charge in [0, 0.05) is 10.6 Å². The maximum absolute atomic E-state index is 10.6. The molecule has 1 rings (SSSR count). The van der Waals surface area contributed by atoms with E-state index in [4.69, 9.17) is 17.3 Å². The summed E-state index contributed by atoms with van der Waals surface area (Å²) in [5, 5.41) is 2.59. The highest BCUT2D eigenvalue weighted by Gasteiger charge is 2.09. The molecular weight excluding hydrogens is 200 g/mol. The summed E-state index contributed by atoms with van der Waals surface area (Å²) in [6.07, 6.45) is 0. The standard InChI is InChI=1S/C10H13ClN2O/c1-7(13-6-10(12)14)8-3-2-4-9(11)5-8/h2-5,7,13H,6H2,1H3,(H2,12,14)/p+1/t7-/m0/s1. The van der Waals surface area contributed by atoms with Gasteiger partial charge in [-0.15, -0.1) is 0 Å². The lowest BCUT2D eigenvalue weighted by molar-refractivity contribution is -0.682. The lowest BCUT2D eigenvalue weighted by atomic mass is 10.1. The Kier molecular flexibility index (Phi) is 3.92. The van der Waals surface area contributed by atoms with Crippen molar-refractivity contribution in [2.75, 3.05) is 6.54 Å². The highest BCUT2D eigenvalue weighted by molar-refractivity contribution is 6.30. The topological polar surface area (TPSA) is 59.7 Å². The zero-order valence-corrected chi connectivity index (χ0v) is 8.79. The second-order valence-electron chi connectivity index (χ2n) is 3.25. The van der Waals surface area contributed by atoms with Gasteiger partial charge in [0.1, 0.15) is 6.04 Å². The first-order valence-electron chi connectivity index (χ1n) is 4.46. The van der Waals surface area contributed by atoms with Crippen LogP contribution in [-0.2, 0) is 4.79 Å². The van der Waals surface area contributed by atoms with Crippen LogP contribution in [0, 0.1) is 0 Å². The van der Waals surface area contributed by atoms with E-state index in [1.165, 1.54) is 0 Å². The predicted octanol–water partition coefficient (Wildman–Crippen LogP) is 0.450. The summed E-state index contributed by atoms with van der Waals surface area (Å²) >= 11 is 5.85. The minimum Gasteiger partial charge on any atom is -0.365 e. The third-order valence-corrected chi connectivity index (χ3v) is 2.28. The Hall–Kier alpha value is -1.06. The Morgan fingerprint density at radius 3 is 2.93 bits per heavy atom. The fourth-order valence-electron chi connectivity index (χ4n) is 1.22. The number of rotatable bonds is 4. The Labute approximate surface area is 88.2 Å². The molecule has 4 heteroatoms. The first kappa shape index (κ1) is 11.0. The highest BCUT2D eigenvalue weighted by atomic mass is 35.5. The number of hydrogen-bond donors (Lipinski definition) is 2. The van der Waals surface area contributed by atoms with E-state index in [2.05, 4.69) is 0 Å². The van der Waals surface area contributed by atoms with Crippen LogP contribution < -0.4 is 11.1 Å². The molecule has 0 aliphatic rings. The molecule has 1 aromatic carbocycles. The Bertz CT molecular complexity index is 328. The van der Waals surface area contributed by atoms with Gasteiger partial charge < -0.3 is 11.1 Å². The van der Waals surface area contributed by atoms with Crippen LogP contribution in [0.3, 0.4) is 0 Å². The number of carbonyl (C=O) groups excluding carboxylic acids is 1. The van der Waals surface area contributed by atoms with E-state index in [-0.39, 0.29) is 11.9 Å². The quantitative estimate of drug-likeness (QED) is 0.750. The Balaban J connectivity index is 2.60. The van der Waals surface area contributed by atoms with Crippen LogP contribution >= 0.6 is 11.6 Å². The fraction of sp³-hybridized carbons (Fsp3) is 0.300. The average molecular weight is 214 g/mol. The largest absolute Gasteiger partial charge is 0.365 e. The zero-order valence-electron chi connectivity index (χ0n) is 8.03. The van der Waals surface area contributed by atoms with Crippen LogP contribution in [0.15, 0.2) is 24.3 Å². The number of hydrogen-bond acceptors (Lipinski definition) is 1. The van der Waals surface area contributed by atoms with Gasteiger partial charge in [-0.2, -0.15) is 0 Å². The highest BCUT2D eigenvalue weighted by Crippen LogP contribution is 2.14. The number of carbonyl (C=O) groups is 1. The lowest BCUT2D eigenvalue weighted by Gasteiger charge is -2.09. The lowest BCUT2D eigenvalue weighted by Crippen LogP contribution is -2.86. The molecule has 0 aromatic heterocycles. The number of nitrogens with two attached hydrogens (primary N) is 2. The summed E-state index contributed by atoms with van der Waals surface area (Å²) in [5.41, 5.74) is 6.15. The maximum Gasteiger partial charge on any atom is 0.272 e. The SMILES string of the molecule is C[C@H]([NH2+]CC(N)=O)c1cccc(Cl)c1. The first-order chi connectivity index (χ1) is 6.59. The molecule has 0 unspecified atom stereocenters. The molecule has 0 spiro atoms. The van der Waals surface area contributed by atoms with Crippen molar-refractivity contribution < 1.29 is 10.1 Å². The second-order valence-corrected chi connectivity index (χ2v) is 3.69. The van der Waals surface area contributed by atoms with Crippen molar-refractivity contribution in [2.45, 2.75) is 13.0 Å². The molecule has 0 saturated heterocycles. The monoisotopic (exact) mass is 213 g/mol. The van der Waals surface area contributed by atoms with E-state index in [1.807, 2.05) is 36.5 Å². The zero-order chi connectivity index (χ0) is 10.6. The molecule has 76 valence electrons. The van der Waals surface area contributed by atoms with Gasteiger partial charge in [0.15, 0.2) is 6.54 Å². The molecule has 0 heterocycles. The van der Waals surface area contributed by atoms with Crippen molar-refractivity contribution in [2.24, 2.45) is 5.73 Å². The van der Waals surface area contributed by atoms with Crippen LogP contribution in [0.25, 0.3) is 0 Å². The minimum absolute atomic E-state index is 0.196. The first-order valence-corrected chi connectivity index (χ1v) is 4.84. The molecule has 1 amide bonds. The predicted molar refractivity (Wildman–Crippen MR) is 55.9 cm³/mol. The number of halogens is 1. The average Bonchev–Trinajstić information content (AvgIpc) is 2.14. The van der Waals surface area contributed by atoms with Crippen molar-refractivity contribution in [1.82, 2.24) is 0 Å². The summed E-state index contributed by atoms with van der Waals surface area (Å²) in [6.45, 7) is 2.31. The van der Waals surface area contributed by atoms with Crippen LogP contribution in [-0.4, -0.2) is 12.5 Å². The van der Waals surface area contributed by atoms with Crippen LogP contribution in [0.2, 0.25) is 5.02 Å². The fourth-order valence-corrected chi connectivity index (χ4v) is 1.42. The van der Waals surface area contributed by atoms with E-state index < -0.39 is 0 Å². The molecule has 14 heavy (non-hydrogen) atoms. The third-order valence-electron chi connectivity index (χ3n) is 2.05. The Morgan fingerprint density at radius 1 is 1.64 bits per heavy atom. The molecule has 1 atom stereocenters. The van der Waals surface area contributed by atoms with Crippen molar-refractivity contribution in [3.63, 3.8) is 0 Å². The van der Waals surface area contributed by atoms with E-state index in [0.29, 0.717) is 11.6 Å². The Morgan fingerprint density at radius 2 is 2.36 bits per heavy atom. The maximum atomic E-state index is 10.6. The molecule has 0 radical (unpaired) electrons. The van der Waals surface area contributed by atoms with Crippen LogP contribution in [0.4, 0.5) is 0 Å². The summed E-state index contributed by atoms with van der Waals surface area (Å²) in [4.78, 5) is 10.6. The van der Waals surface area contributed by atoms with E-state index >= 15 is 0 Å². The molecule has 0 aliphatic carbocycles.